The quantitative estimate of drug-likeness (QED) is 0.831. The first-order chi connectivity index (χ1) is 12.3. The number of nitriles is 1. The molecule has 4 rings (SSSR count). The lowest BCUT2D eigenvalue weighted by atomic mass is 9.87. The number of piperidine rings is 2. The Labute approximate surface area is 149 Å². The maximum atomic E-state index is 13.1. The molecule has 3 aliphatic rings. The number of amides is 1. The highest BCUT2D eigenvalue weighted by Crippen LogP contribution is 2.32. The van der Waals surface area contributed by atoms with E-state index in [9.17, 15) is 4.79 Å². The van der Waals surface area contributed by atoms with Gasteiger partial charge in [-0.15, -0.1) is 0 Å². The lowest BCUT2D eigenvalue weighted by molar-refractivity contribution is -0.129. The van der Waals surface area contributed by atoms with E-state index in [1.807, 2.05) is 17.0 Å². The van der Waals surface area contributed by atoms with Crippen LogP contribution in [0.2, 0.25) is 0 Å². The molecule has 0 unspecified atom stereocenters. The van der Waals surface area contributed by atoms with Gasteiger partial charge < -0.3 is 9.64 Å². The molecule has 0 spiro atoms. The van der Waals surface area contributed by atoms with Crippen LogP contribution < -0.4 is 4.90 Å². The summed E-state index contributed by atoms with van der Waals surface area (Å²) < 4.78 is 5.91. The van der Waals surface area contributed by atoms with Crippen molar-refractivity contribution in [3.63, 3.8) is 0 Å². The number of carbonyl (C=O) groups excluding carboxylic acids is 1. The van der Waals surface area contributed by atoms with Gasteiger partial charge in [0.15, 0.2) is 0 Å². The van der Waals surface area contributed by atoms with E-state index in [2.05, 4.69) is 11.0 Å². The third kappa shape index (κ3) is 3.29. The second-order valence-corrected chi connectivity index (χ2v) is 7.40. The number of hydrogen-bond acceptors (Lipinski definition) is 4. The fraction of sp³-hybridized carbons (Fsp3) is 0.600. The van der Waals surface area contributed by atoms with Crippen molar-refractivity contribution in [1.82, 2.24) is 4.90 Å². The molecule has 1 aromatic carbocycles. The van der Waals surface area contributed by atoms with E-state index in [0.29, 0.717) is 17.6 Å². The van der Waals surface area contributed by atoms with Gasteiger partial charge in [0.2, 0.25) is 5.91 Å². The number of nitrogens with zero attached hydrogens (tertiary/aromatic N) is 3. The number of hydrogen-bond donors (Lipinski definition) is 0. The number of carbonyl (C=O) groups is 1. The Morgan fingerprint density at radius 3 is 2.72 bits per heavy atom. The first-order valence-corrected chi connectivity index (χ1v) is 9.43. The standard InChI is InChI=1S/C20H25N3O2/c21-13-15-5-7-17(8-6-15)23-10-1-4-18(20(23)24)22-11-9-19-16(14-22)3-2-12-25-19/h5-8,16,18-19H,1-4,9-12,14H2/t16-,18-,19+/m0/s1. The molecule has 0 aromatic heterocycles. The average Bonchev–Trinajstić information content (AvgIpc) is 2.68. The summed E-state index contributed by atoms with van der Waals surface area (Å²) >= 11 is 0. The SMILES string of the molecule is N#Cc1ccc(N2CCC[C@H](N3CC[C@H]4OCCC[C@H]4C3)C2=O)cc1. The van der Waals surface area contributed by atoms with E-state index in [-0.39, 0.29) is 11.9 Å². The first kappa shape index (κ1) is 16.6. The molecule has 3 saturated heterocycles. The first-order valence-electron chi connectivity index (χ1n) is 9.43. The van der Waals surface area contributed by atoms with Crippen molar-refractivity contribution in [2.45, 2.75) is 44.2 Å². The van der Waals surface area contributed by atoms with Crippen LogP contribution in [0.3, 0.4) is 0 Å². The van der Waals surface area contributed by atoms with Crippen molar-refractivity contribution in [1.29, 1.82) is 5.26 Å². The molecule has 0 radical (unpaired) electrons. The highest BCUT2D eigenvalue weighted by molar-refractivity contribution is 5.98. The van der Waals surface area contributed by atoms with Crippen LogP contribution in [-0.4, -0.2) is 49.2 Å². The normalized spacial score (nSPS) is 30.6. The second-order valence-electron chi connectivity index (χ2n) is 7.40. The smallest absolute Gasteiger partial charge is 0.244 e. The van der Waals surface area contributed by atoms with Gasteiger partial charge in [-0.05, 0) is 62.3 Å². The molecule has 1 amide bonds. The summed E-state index contributed by atoms with van der Waals surface area (Å²) in [6, 6.07) is 9.48. The van der Waals surface area contributed by atoms with Gasteiger partial charge in [-0.25, -0.2) is 0 Å². The fourth-order valence-electron chi connectivity index (χ4n) is 4.57. The maximum absolute atomic E-state index is 13.1. The Kier molecular flexibility index (Phi) is 4.74. The highest BCUT2D eigenvalue weighted by Gasteiger charge is 2.39. The van der Waals surface area contributed by atoms with E-state index < -0.39 is 0 Å². The minimum atomic E-state index is -0.00716. The molecule has 3 heterocycles. The van der Waals surface area contributed by atoms with Crippen molar-refractivity contribution < 1.29 is 9.53 Å². The molecule has 3 fully saturated rings. The molecular formula is C20H25N3O2. The molecule has 0 N–H and O–H groups in total. The molecule has 5 nitrogen and oxygen atoms in total. The van der Waals surface area contributed by atoms with Gasteiger partial charge in [-0.1, -0.05) is 0 Å². The summed E-state index contributed by atoms with van der Waals surface area (Å²) in [6.07, 6.45) is 5.79. The van der Waals surface area contributed by atoms with Gasteiger partial charge in [0.1, 0.15) is 0 Å². The van der Waals surface area contributed by atoms with E-state index >= 15 is 0 Å². The fourth-order valence-corrected chi connectivity index (χ4v) is 4.57. The largest absolute Gasteiger partial charge is 0.378 e. The Morgan fingerprint density at radius 1 is 1.08 bits per heavy atom. The zero-order valence-corrected chi connectivity index (χ0v) is 14.6. The predicted molar refractivity (Wildman–Crippen MR) is 95.2 cm³/mol. The Balaban J connectivity index is 1.47. The lowest BCUT2D eigenvalue weighted by Crippen LogP contribution is -2.57. The molecule has 132 valence electrons. The lowest BCUT2D eigenvalue weighted by Gasteiger charge is -2.45. The number of anilines is 1. The average molecular weight is 339 g/mol. The molecule has 3 aliphatic heterocycles. The molecule has 0 saturated carbocycles. The van der Waals surface area contributed by atoms with E-state index in [0.717, 1.165) is 57.6 Å². The van der Waals surface area contributed by atoms with Crippen molar-refractivity contribution in [2.24, 2.45) is 5.92 Å². The zero-order valence-electron chi connectivity index (χ0n) is 14.6. The number of ether oxygens (including phenoxy) is 1. The monoisotopic (exact) mass is 339 g/mol. The molecular weight excluding hydrogens is 314 g/mol. The third-order valence-electron chi connectivity index (χ3n) is 5.91. The van der Waals surface area contributed by atoms with Crippen LogP contribution >= 0.6 is 0 Å². The predicted octanol–water partition coefficient (Wildman–Crippen LogP) is 2.55. The molecule has 0 bridgehead atoms. The van der Waals surface area contributed by atoms with Gasteiger partial charge in [0.25, 0.3) is 0 Å². The minimum Gasteiger partial charge on any atom is -0.378 e. The Morgan fingerprint density at radius 2 is 1.92 bits per heavy atom. The Bertz CT molecular complexity index is 667. The summed E-state index contributed by atoms with van der Waals surface area (Å²) in [5.74, 6) is 0.798. The number of likely N-dealkylation sites (tertiary alicyclic amines) is 1. The number of rotatable bonds is 2. The van der Waals surface area contributed by atoms with Crippen molar-refractivity contribution in [2.75, 3.05) is 31.1 Å². The summed E-state index contributed by atoms with van der Waals surface area (Å²) in [7, 11) is 0. The van der Waals surface area contributed by atoms with Gasteiger partial charge in [-0.3, -0.25) is 9.69 Å². The van der Waals surface area contributed by atoms with Crippen LogP contribution in [0, 0.1) is 17.2 Å². The topological polar surface area (TPSA) is 56.6 Å². The van der Waals surface area contributed by atoms with Crippen LogP contribution in [0.5, 0.6) is 0 Å². The number of fused-ring (bicyclic) bond motifs is 1. The maximum Gasteiger partial charge on any atom is 0.244 e. The summed E-state index contributed by atoms with van der Waals surface area (Å²) in [4.78, 5) is 17.4. The highest BCUT2D eigenvalue weighted by atomic mass is 16.5. The van der Waals surface area contributed by atoms with Crippen LogP contribution in [-0.2, 0) is 9.53 Å². The van der Waals surface area contributed by atoms with Crippen molar-refractivity contribution in [3.8, 4) is 6.07 Å². The second kappa shape index (κ2) is 7.15. The molecule has 1 aromatic rings. The van der Waals surface area contributed by atoms with Crippen molar-refractivity contribution in [3.05, 3.63) is 29.8 Å². The molecule has 5 heteroatoms. The van der Waals surface area contributed by atoms with Crippen LogP contribution in [0.4, 0.5) is 5.69 Å². The van der Waals surface area contributed by atoms with Gasteiger partial charge in [-0.2, -0.15) is 5.26 Å². The van der Waals surface area contributed by atoms with E-state index in [1.165, 1.54) is 6.42 Å². The zero-order chi connectivity index (χ0) is 17.2. The summed E-state index contributed by atoms with van der Waals surface area (Å²) in [5.41, 5.74) is 1.54. The Hall–Kier alpha value is -1.90. The summed E-state index contributed by atoms with van der Waals surface area (Å²) in [6.45, 7) is 3.61. The molecule has 0 aliphatic carbocycles. The van der Waals surface area contributed by atoms with E-state index in [4.69, 9.17) is 10.00 Å². The number of benzene rings is 1. The molecule has 3 atom stereocenters. The van der Waals surface area contributed by atoms with Gasteiger partial charge >= 0.3 is 0 Å². The van der Waals surface area contributed by atoms with Gasteiger partial charge in [0, 0.05) is 31.9 Å². The van der Waals surface area contributed by atoms with Crippen LogP contribution in [0.25, 0.3) is 0 Å². The summed E-state index contributed by atoms with van der Waals surface area (Å²) in [5, 5.41) is 8.95. The van der Waals surface area contributed by atoms with E-state index in [1.54, 1.807) is 12.1 Å². The van der Waals surface area contributed by atoms with Gasteiger partial charge in [0.05, 0.1) is 23.8 Å². The van der Waals surface area contributed by atoms with Crippen LogP contribution in [0.15, 0.2) is 24.3 Å². The van der Waals surface area contributed by atoms with Crippen molar-refractivity contribution >= 4 is 11.6 Å². The third-order valence-corrected chi connectivity index (χ3v) is 5.91. The minimum absolute atomic E-state index is 0.00716. The van der Waals surface area contributed by atoms with Crippen LogP contribution in [0.1, 0.15) is 37.7 Å². The molecule has 25 heavy (non-hydrogen) atoms.